The van der Waals surface area contributed by atoms with Gasteiger partial charge in [0.25, 0.3) is 0 Å². The zero-order chi connectivity index (χ0) is 12.3. The van der Waals surface area contributed by atoms with Crippen LogP contribution in [0.3, 0.4) is 0 Å². The van der Waals surface area contributed by atoms with Crippen molar-refractivity contribution in [3.63, 3.8) is 0 Å². The van der Waals surface area contributed by atoms with Crippen molar-refractivity contribution >= 4 is 0 Å². The Bertz CT molecular complexity index is 244. The first-order valence-electron chi connectivity index (χ1n) is 7.76. The Kier molecular flexibility index (Phi) is 4.22. The van der Waals surface area contributed by atoms with Gasteiger partial charge in [-0.3, -0.25) is 0 Å². The molecule has 2 saturated carbocycles. The molecule has 1 heterocycles. The lowest BCUT2D eigenvalue weighted by Crippen LogP contribution is -2.37. The summed E-state index contributed by atoms with van der Waals surface area (Å²) in [4.78, 5) is 0. The van der Waals surface area contributed by atoms with Crippen LogP contribution in [0.4, 0.5) is 0 Å². The fraction of sp³-hybridized carbons (Fsp3) is 1.00. The summed E-state index contributed by atoms with van der Waals surface area (Å²) in [5.74, 6) is 0.715. The third-order valence-corrected chi connectivity index (χ3v) is 4.86. The molecule has 3 heteroatoms. The first-order valence-corrected chi connectivity index (χ1v) is 7.76. The molecule has 3 nitrogen and oxygen atoms in total. The molecule has 3 rings (SSSR count). The van der Waals surface area contributed by atoms with Gasteiger partial charge in [-0.1, -0.05) is 25.7 Å². The third kappa shape index (κ3) is 3.06. The molecule has 0 atom stereocenters. The maximum atomic E-state index is 6.04. The number of ether oxygens (including phenoxy) is 3. The van der Waals surface area contributed by atoms with Gasteiger partial charge in [-0.15, -0.1) is 0 Å². The standard InChI is InChI=1S/C15H26O3/c1-2-4-13(3-1)7-10-16-14-5-8-15(9-6-14)17-11-12-18-15/h13-14H,1-12H2. The van der Waals surface area contributed by atoms with E-state index in [0.29, 0.717) is 6.10 Å². The van der Waals surface area contributed by atoms with Crippen LogP contribution in [0, 0.1) is 5.92 Å². The van der Waals surface area contributed by atoms with E-state index in [1.165, 1.54) is 32.1 Å². The largest absolute Gasteiger partial charge is 0.378 e. The van der Waals surface area contributed by atoms with Crippen LogP contribution in [0.5, 0.6) is 0 Å². The van der Waals surface area contributed by atoms with E-state index in [9.17, 15) is 0 Å². The SMILES string of the molecule is C1CCC(CCOC2CCC3(CC2)OCCO3)C1. The van der Waals surface area contributed by atoms with E-state index in [0.717, 1.165) is 51.4 Å². The van der Waals surface area contributed by atoms with Gasteiger partial charge >= 0.3 is 0 Å². The van der Waals surface area contributed by atoms with Crippen molar-refractivity contribution in [2.45, 2.75) is 69.7 Å². The summed E-state index contributed by atoms with van der Waals surface area (Å²) in [7, 11) is 0. The molecule has 1 spiro atoms. The zero-order valence-electron chi connectivity index (χ0n) is 11.4. The predicted molar refractivity (Wildman–Crippen MR) is 69.4 cm³/mol. The van der Waals surface area contributed by atoms with Crippen molar-refractivity contribution in [1.29, 1.82) is 0 Å². The van der Waals surface area contributed by atoms with Crippen molar-refractivity contribution in [1.82, 2.24) is 0 Å². The molecule has 0 aromatic rings. The van der Waals surface area contributed by atoms with Gasteiger partial charge in [0.1, 0.15) is 0 Å². The van der Waals surface area contributed by atoms with Gasteiger partial charge in [-0.05, 0) is 25.2 Å². The highest BCUT2D eigenvalue weighted by molar-refractivity contribution is 4.83. The van der Waals surface area contributed by atoms with Crippen LogP contribution in [0.2, 0.25) is 0 Å². The maximum absolute atomic E-state index is 6.04. The van der Waals surface area contributed by atoms with Crippen LogP contribution in [0.15, 0.2) is 0 Å². The molecule has 104 valence electrons. The van der Waals surface area contributed by atoms with E-state index >= 15 is 0 Å². The predicted octanol–water partition coefficient (Wildman–Crippen LogP) is 3.27. The summed E-state index contributed by atoms with van der Waals surface area (Å²) >= 11 is 0. The van der Waals surface area contributed by atoms with Crippen molar-refractivity contribution in [2.24, 2.45) is 5.92 Å². The molecule has 18 heavy (non-hydrogen) atoms. The van der Waals surface area contributed by atoms with Gasteiger partial charge in [0.05, 0.1) is 19.3 Å². The first kappa shape index (κ1) is 12.9. The van der Waals surface area contributed by atoms with E-state index in [1.54, 1.807) is 0 Å². The van der Waals surface area contributed by atoms with Gasteiger partial charge in [0.2, 0.25) is 0 Å². The lowest BCUT2D eigenvalue weighted by molar-refractivity contribution is -0.191. The van der Waals surface area contributed by atoms with Crippen molar-refractivity contribution in [2.75, 3.05) is 19.8 Å². The molecule has 1 aliphatic heterocycles. The highest BCUT2D eigenvalue weighted by Crippen LogP contribution is 2.37. The van der Waals surface area contributed by atoms with Gasteiger partial charge in [-0.2, -0.15) is 0 Å². The minimum absolute atomic E-state index is 0.231. The Morgan fingerprint density at radius 2 is 1.61 bits per heavy atom. The minimum Gasteiger partial charge on any atom is -0.378 e. The van der Waals surface area contributed by atoms with Gasteiger partial charge in [0, 0.05) is 19.4 Å². The minimum atomic E-state index is -0.231. The molecule has 0 bridgehead atoms. The third-order valence-electron chi connectivity index (χ3n) is 4.86. The molecule has 3 aliphatic rings. The second kappa shape index (κ2) is 5.89. The molecule has 0 aromatic carbocycles. The highest BCUT2D eigenvalue weighted by atomic mass is 16.7. The Hall–Kier alpha value is -0.120. The molecule has 0 radical (unpaired) electrons. The van der Waals surface area contributed by atoms with Crippen molar-refractivity contribution < 1.29 is 14.2 Å². The second-order valence-corrected chi connectivity index (χ2v) is 6.12. The molecular weight excluding hydrogens is 228 g/mol. The highest BCUT2D eigenvalue weighted by Gasteiger charge is 2.40. The summed E-state index contributed by atoms with van der Waals surface area (Å²) in [6, 6.07) is 0. The van der Waals surface area contributed by atoms with Crippen LogP contribution in [0.1, 0.15) is 57.8 Å². The fourth-order valence-corrected chi connectivity index (χ4v) is 3.68. The summed E-state index contributed by atoms with van der Waals surface area (Å²) in [5, 5.41) is 0. The van der Waals surface area contributed by atoms with E-state index in [1.807, 2.05) is 0 Å². The maximum Gasteiger partial charge on any atom is 0.168 e. The lowest BCUT2D eigenvalue weighted by atomic mass is 9.91. The van der Waals surface area contributed by atoms with Gasteiger partial charge in [0.15, 0.2) is 5.79 Å². The number of rotatable bonds is 4. The number of hydrogen-bond donors (Lipinski definition) is 0. The van der Waals surface area contributed by atoms with Crippen LogP contribution in [-0.2, 0) is 14.2 Å². The molecular formula is C15H26O3. The number of hydrogen-bond acceptors (Lipinski definition) is 3. The average molecular weight is 254 g/mol. The smallest absolute Gasteiger partial charge is 0.168 e. The molecule has 0 N–H and O–H groups in total. The Labute approximate surface area is 110 Å². The summed E-state index contributed by atoms with van der Waals surface area (Å²) < 4.78 is 17.5. The molecule has 0 amide bonds. The van der Waals surface area contributed by atoms with Crippen LogP contribution in [-0.4, -0.2) is 31.7 Å². The molecule has 2 aliphatic carbocycles. The summed E-state index contributed by atoms with van der Waals surface area (Å²) in [6.45, 7) is 2.50. The monoisotopic (exact) mass is 254 g/mol. The van der Waals surface area contributed by atoms with E-state index < -0.39 is 0 Å². The topological polar surface area (TPSA) is 27.7 Å². The molecule has 3 fully saturated rings. The van der Waals surface area contributed by atoms with Crippen molar-refractivity contribution in [3.05, 3.63) is 0 Å². The normalized spacial score (nSPS) is 29.3. The lowest BCUT2D eigenvalue weighted by Gasteiger charge is -2.35. The fourth-order valence-electron chi connectivity index (χ4n) is 3.68. The van der Waals surface area contributed by atoms with E-state index in [2.05, 4.69) is 0 Å². The van der Waals surface area contributed by atoms with Crippen molar-refractivity contribution in [3.8, 4) is 0 Å². The van der Waals surface area contributed by atoms with Crippen LogP contribution in [0.25, 0.3) is 0 Å². The Morgan fingerprint density at radius 3 is 2.28 bits per heavy atom. The first-order chi connectivity index (χ1) is 8.86. The van der Waals surface area contributed by atoms with Crippen LogP contribution >= 0.6 is 0 Å². The quantitative estimate of drug-likeness (QED) is 0.770. The molecule has 1 saturated heterocycles. The summed E-state index contributed by atoms with van der Waals surface area (Å²) in [6.07, 6.45) is 11.7. The van der Waals surface area contributed by atoms with Gasteiger partial charge in [-0.25, -0.2) is 0 Å². The second-order valence-electron chi connectivity index (χ2n) is 6.12. The van der Waals surface area contributed by atoms with Crippen LogP contribution < -0.4 is 0 Å². The van der Waals surface area contributed by atoms with E-state index in [-0.39, 0.29) is 5.79 Å². The Morgan fingerprint density at radius 1 is 0.944 bits per heavy atom. The molecule has 0 aromatic heterocycles. The Balaban J connectivity index is 1.32. The molecule has 0 unspecified atom stereocenters. The average Bonchev–Trinajstić information content (AvgIpc) is 3.04. The van der Waals surface area contributed by atoms with Gasteiger partial charge < -0.3 is 14.2 Å². The zero-order valence-corrected chi connectivity index (χ0v) is 11.4. The van der Waals surface area contributed by atoms with E-state index in [4.69, 9.17) is 14.2 Å². The summed E-state index contributed by atoms with van der Waals surface area (Å²) in [5.41, 5.74) is 0.